The molecule has 7 nitrogen and oxygen atoms in total. The topological polar surface area (TPSA) is 111 Å². The van der Waals surface area contributed by atoms with Crippen LogP contribution in [0.5, 0.6) is 0 Å². The molecule has 3 amide bonds. The Hall–Kier alpha value is -2.53. The van der Waals surface area contributed by atoms with Crippen molar-refractivity contribution in [1.29, 1.82) is 5.26 Å². The first-order chi connectivity index (χ1) is 11.4. The zero-order valence-corrected chi connectivity index (χ0v) is 14.6. The van der Waals surface area contributed by atoms with Crippen molar-refractivity contribution in [2.75, 3.05) is 17.3 Å². The van der Waals surface area contributed by atoms with Gasteiger partial charge in [0.1, 0.15) is 12.1 Å². The average molecular weight is 348 g/mol. The maximum absolute atomic E-state index is 12.3. The molecule has 0 saturated heterocycles. The second kappa shape index (κ2) is 9.57. The van der Waals surface area contributed by atoms with Gasteiger partial charge in [0.2, 0.25) is 11.8 Å². The molecule has 0 aromatic heterocycles. The minimum Gasteiger partial charge on any atom is -0.339 e. The number of carbonyl (C=O) groups excluding carboxylic acids is 3. The Labute approximate surface area is 145 Å². The van der Waals surface area contributed by atoms with Crippen LogP contribution in [-0.4, -0.2) is 41.8 Å². The van der Waals surface area contributed by atoms with Crippen LogP contribution in [0.3, 0.4) is 0 Å². The van der Waals surface area contributed by atoms with Crippen molar-refractivity contribution in [3.05, 3.63) is 29.8 Å². The molecule has 0 spiro atoms. The fourth-order valence-electron chi connectivity index (χ4n) is 1.85. The van der Waals surface area contributed by atoms with E-state index >= 15 is 0 Å². The monoisotopic (exact) mass is 348 g/mol. The van der Waals surface area contributed by atoms with Gasteiger partial charge in [-0.2, -0.15) is 17.0 Å². The summed E-state index contributed by atoms with van der Waals surface area (Å²) in [5.41, 5.74) is 0.955. The van der Waals surface area contributed by atoms with E-state index in [0.717, 1.165) is 0 Å². The third kappa shape index (κ3) is 6.30. The highest BCUT2D eigenvalue weighted by Gasteiger charge is 2.22. The number of anilines is 1. The normalized spacial score (nSPS) is 12.4. The molecule has 24 heavy (non-hydrogen) atoms. The van der Waals surface area contributed by atoms with Crippen molar-refractivity contribution >= 4 is 35.2 Å². The van der Waals surface area contributed by atoms with Gasteiger partial charge in [-0.1, -0.05) is 0 Å². The highest BCUT2D eigenvalue weighted by Crippen LogP contribution is 2.10. The van der Waals surface area contributed by atoms with Gasteiger partial charge in [-0.05, 0) is 37.4 Å². The highest BCUT2D eigenvalue weighted by molar-refractivity contribution is 7.98. The van der Waals surface area contributed by atoms with E-state index in [9.17, 15) is 14.4 Å². The largest absolute Gasteiger partial charge is 0.339 e. The van der Waals surface area contributed by atoms with Gasteiger partial charge in [0, 0.05) is 23.9 Å². The highest BCUT2D eigenvalue weighted by atomic mass is 32.2. The molecule has 0 radical (unpaired) electrons. The third-order valence-corrected chi connectivity index (χ3v) is 3.64. The fraction of sp³-hybridized carbons (Fsp3) is 0.375. The van der Waals surface area contributed by atoms with Crippen LogP contribution >= 0.6 is 11.8 Å². The molecular weight excluding hydrogens is 328 g/mol. The summed E-state index contributed by atoms with van der Waals surface area (Å²) in [6.07, 6.45) is 1.82. The van der Waals surface area contributed by atoms with E-state index in [4.69, 9.17) is 5.26 Å². The second-order valence-electron chi connectivity index (χ2n) is 5.10. The number of nitrogens with one attached hydrogen (secondary N) is 3. The molecule has 128 valence electrons. The minimum absolute atomic E-state index is 0.199. The van der Waals surface area contributed by atoms with Gasteiger partial charge >= 0.3 is 0 Å². The molecule has 1 aromatic carbocycles. The van der Waals surface area contributed by atoms with E-state index < -0.39 is 23.9 Å². The third-order valence-electron chi connectivity index (χ3n) is 2.98. The lowest BCUT2D eigenvalue weighted by molar-refractivity contribution is -0.122. The molecule has 8 heteroatoms. The smallest absolute Gasteiger partial charge is 0.251 e. The van der Waals surface area contributed by atoms with Crippen LogP contribution < -0.4 is 16.0 Å². The molecule has 2 unspecified atom stereocenters. The Bertz CT molecular complexity index is 640. The number of nitrogens with zero attached hydrogens (tertiary/aromatic N) is 1. The van der Waals surface area contributed by atoms with Crippen LogP contribution in [0.25, 0.3) is 0 Å². The summed E-state index contributed by atoms with van der Waals surface area (Å²) in [6, 6.07) is 6.89. The summed E-state index contributed by atoms with van der Waals surface area (Å²) in [5, 5.41) is 16.5. The van der Waals surface area contributed by atoms with E-state index in [1.807, 2.05) is 12.3 Å². The number of rotatable bonds is 7. The van der Waals surface area contributed by atoms with Crippen LogP contribution in [0.1, 0.15) is 24.2 Å². The lowest BCUT2D eigenvalue weighted by Crippen LogP contribution is -2.50. The number of benzene rings is 1. The summed E-state index contributed by atoms with van der Waals surface area (Å²) >= 11 is 1.41. The van der Waals surface area contributed by atoms with Crippen molar-refractivity contribution in [2.24, 2.45) is 0 Å². The quantitative estimate of drug-likeness (QED) is 0.684. The first-order valence-electron chi connectivity index (χ1n) is 7.24. The predicted molar refractivity (Wildman–Crippen MR) is 93.6 cm³/mol. The minimum atomic E-state index is -0.738. The van der Waals surface area contributed by atoms with Crippen LogP contribution in [0.15, 0.2) is 24.3 Å². The molecule has 0 aliphatic carbocycles. The van der Waals surface area contributed by atoms with E-state index in [2.05, 4.69) is 16.0 Å². The van der Waals surface area contributed by atoms with Gasteiger partial charge in [0.05, 0.1) is 6.07 Å². The summed E-state index contributed by atoms with van der Waals surface area (Å²) in [4.78, 5) is 35.4. The van der Waals surface area contributed by atoms with Crippen molar-refractivity contribution in [2.45, 2.75) is 25.9 Å². The molecule has 2 atom stereocenters. The summed E-state index contributed by atoms with van der Waals surface area (Å²) in [7, 11) is 0. The van der Waals surface area contributed by atoms with Gasteiger partial charge in [-0.15, -0.1) is 0 Å². The summed E-state index contributed by atoms with van der Waals surface area (Å²) < 4.78 is 0. The van der Waals surface area contributed by atoms with E-state index in [0.29, 0.717) is 17.0 Å². The van der Waals surface area contributed by atoms with Crippen molar-refractivity contribution in [3.63, 3.8) is 0 Å². The molecule has 0 aliphatic heterocycles. The van der Waals surface area contributed by atoms with Gasteiger partial charge < -0.3 is 16.0 Å². The second-order valence-corrected chi connectivity index (χ2v) is 6.01. The van der Waals surface area contributed by atoms with Crippen LogP contribution in [0, 0.1) is 11.3 Å². The Kier molecular flexibility index (Phi) is 7.79. The first kappa shape index (κ1) is 19.5. The zero-order valence-electron chi connectivity index (χ0n) is 13.8. The Morgan fingerprint density at radius 1 is 1.21 bits per heavy atom. The molecule has 0 fully saturated rings. The molecule has 0 bridgehead atoms. The van der Waals surface area contributed by atoms with Crippen LogP contribution in [0.2, 0.25) is 0 Å². The van der Waals surface area contributed by atoms with E-state index in [1.54, 1.807) is 31.2 Å². The molecule has 3 N–H and O–H groups in total. The molecule has 0 aliphatic rings. The maximum atomic E-state index is 12.3. The molecular formula is C16H20N4O3S. The van der Waals surface area contributed by atoms with E-state index in [-0.39, 0.29) is 5.91 Å². The molecule has 0 saturated carbocycles. The number of carbonyl (C=O) groups is 3. The lowest BCUT2D eigenvalue weighted by atomic mass is 10.1. The number of thioether (sulfide) groups is 1. The number of hydrogen-bond donors (Lipinski definition) is 3. The Balaban J connectivity index is 2.75. The first-order valence-corrected chi connectivity index (χ1v) is 8.64. The summed E-state index contributed by atoms with van der Waals surface area (Å²) in [5.74, 6) is -0.611. The van der Waals surface area contributed by atoms with Gasteiger partial charge in [-0.3, -0.25) is 14.4 Å². The Morgan fingerprint density at radius 3 is 2.33 bits per heavy atom. The SMILES string of the molecule is CSCC(NC(=O)c1ccc(NC(C)=O)cc1)C(=O)NC(C)C#N. The molecule has 1 aromatic rings. The number of hydrogen-bond acceptors (Lipinski definition) is 5. The predicted octanol–water partition coefficient (Wildman–Crippen LogP) is 1.13. The lowest BCUT2D eigenvalue weighted by Gasteiger charge is -2.18. The van der Waals surface area contributed by atoms with Gasteiger partial charge in [0.15, 0.2) is 0 Å². The average Bonchev–Trinajstić information content (AvgIpc) is 2.54. The fourth-order valence-corrected chi connectivity index (χ4v) is 2.41. The van der Waals surface area contributed by atoms with Crippen molar-refractivity contribution in [3.8, 4) is 6.07 Å². The van der Waals surface area contributed by atoms with Gasteiger partial charge in [0.25, 0.3) is 5.91 Å². The maximum Gasteiger partial charge on any atom is 0.251 e. The Morgan fingerprint density at radius 2 is 1.83 bits per heavy atom. The van der Waals surface area contributed by atoms with Crippen LogP contribution in [0.4, 0.5) is 5.69 Å². The number of amides is 3. The van der Waals surface area contributed by atoms with Crippen molar-refractivity contribution in [1.82, 2.24) is 10.6 Å². The van der Waals surface area contributed by atoms with E-state index in [1.165, 1.54) is 18.7 Å². The standard InChI is InChI=1S/C16H20N4O3S/c1-10(8-17)18-16(23)14(9-24-3)20-15(22)12-4-6-13(7-5-12)19-11(2)21/h4-7,10,14H,9H2,1-3H3,(H,18,23)(H,19,21)(H,20,22). The van der Waals surface area contributed by atoms with Crippen LogP contribution in [-0.2, 0) is 9.59 Å². The van der Waals surface area contributed by atoms with Gasteiger partial charge in [-0.25, -0.2) is 0 Å². The van der Waals surface area contributed by atoms with Crippen molar-refractivity contribution < 1.29 is 14.4 Å². The zero-order chi connectivity index (χ0) is 18.1. The molecule has 0 heterocycles. The summed E-state index contributed by atoms with van der Waals surface area (Å²) in [6.45, 7) is 2.96. The number of nitriles is 1. The molecule has 1 rings (SSSR count).